The number of hydrogen-bond acceptors (Lipinski definition) is 0. The quantitative estimate of drug-likeness (QED) is 0.336. The normalized spacial score (nSPS) is 13.2. The predicted octanol–water partition coefficient (Wildman–Crippen LogP) is 0.982. The van der Waals surface area contributed by atoms with Gasteiger partial charge in [-0.05, 0) is 6.92 Å². The molecular weight excluding hydrogens is 148 g/mol. The average Bonchev–Trinajstić information content (AvgIpc) is 1.80. The Balaban J connectivity index is 3.87. The minimum atomic E-state index is 1.01. The Kier molecular flexibility index (Phi) is 4.18. The Bertz CT molecular complexity index is 185. The van der Waals surface area contributed by atoms with Crippen molar-refractivity contribution in [3.05, 3.63) is 12.2 Å². The van der Waals surface area contributed by atoms with E-state index in [2.05, 4.69) is 45.6 Å². The summed E-state index contributed by atoms with van der Waals surface area (Å²) in [5.41, 5.74) is 1.11. The van der Waals surface area contributed by atoms with Gasteiger partial charge in [0, 0.05) is 5.57 Å². The third-order valence-electron chi connectivity index (χ3n) is 1.56. The van der Waals surface area contributed by atoms with Crippen LogP contribution in [0.15, 0.2) is 12.2 Å². The molecule has 0 aliphatic rings. The Hall–Kier alpha value is -0.630. The molecule has 0 aromatic heterocycles. The zero-order chi connectivity index (χ0) is 9.78. The second-order valence-electron chi connectivity index (χ2n) is 4.47. The Labute approximate surface area is 76.4 Å². The SMILES string of the molecule is C=C(C)/C=[N+](\C)CC[N+](C)(C)C. The molecule has 0 saturated carbocycles. The Morgan fingerprint density at radius 1 is 1.42 bits per heavy atom. The van der Waals surface area contributed by atoms with Crippen LogP contribution < -0.4 is 0 Å². The van der Waals surface area contributed by atoms with E-state index in [1.165, 1.54) is 0 Å². The van der Waals surface area contributed by atoms with Gasteiger partial charge in [-0.3, -0.25) is 0 Å². The maximum atomic E-state index is 3.84. The molecule has 2 nitrogen and oxygen atoms in total. The predicted molar refractivity (Wildman–Crippen MR) is 54.8 cm³/mol. The van der Waals surface area contributed by atoms with E-state index in [0.717, 1.165) is 23.1 Å². The molecule has 0 saturated heterocycles. The fourth-order valence-electron chi connectivity index (χ4n) is 0.899. The fraction of sp³-hybridized carbons (Fsp3) is 0.700. The highest BCUT2D eigenvalue weighted by Crippen LogP contribution is 1.88. The van der Waals surface area contributed by atoms with Gasteiger partial charge in [0.2, 0.25) is 0 Å². The van der Waals surface area contributed by atoms with Crippen LogP contribution in [0.4, 0.5) is 0 Å². The van der Waals surface area contributed by atoms with Gasteiger partial charge in [-0.15, -0.1) is 0 Å². The molecule has 0 radical (unpaired) electrons. The van der Waals surface area contributed by atoms with Gasteiger partial charge in [-0.2, -0.15) is 0 Å². The molecule has 0 unspecified atom stereocenters. The first-order chi connectivity index (χ1) is 5.31. The lowest BCUT2D eigenvalue weighted by Crippen LogP contribution is -2.39. The third kappa shape index (κ3) is 7.48. The highest BCUT2D eigenvalue weighted by atomic mass is 15.3. The first-order valence-corrected chi connectivity index (χ1v) is 4.32. The molecule has 2 heteroatoms. The molecule has 0 N–H and O–H groups in total. The van der Waals surface area contributed by atoms with Crippen molar-refractivity contribution in [2.24, 2.45) is 0 Å². The first-order valence-electron chi connectivity index (χ1n) is 4.32. The lowest BCUT2D eigenvalue weighted by atomic mass is 10.4. The summed E-state index contributed by atoms with van der Waals surface area (Å²) in [5.74, 6) is 0. The summed E-state index contributed by atoms with van der Waals surface area (Å²) in [6.45, 7) is 8.09. The Morgan fingerprint density at radius 3 is 2.25 bits per heavy atom. The van der Waals surface area contributed by atoms with E-state index < -0.39 is 0 Å². The van der Waals surface area contributed by atoms with Crippen molar-refractivity contribution in [3.63, 3.8) is 0 Å². The summed E-state index contributed by atoms with van der Waals surface area (Å²) in [4.78, 5) is 0. The number of rotatable bonds is 4. The molecule has 0 spiro atoms. The van der Waals surface area contributed by atoms with E-state index in [-0.39, 0.29) is 0 Å². The molecule has 0 fully saturated rings. The molecule has 0 aliphatic carbocycles. The van der Waals surface area contributed by atoms with Crippen molar-refractivity contribution in [2.75, 3.05) is 41.3 Å². The monoisotopic (exact) mass is 170 g/mol. The highest BCUT2D eigenvalue weighted by molar-refractivity contribution is 5.72. The summed E-state index contributed by atoms with van der Waals surface area (Å²) in [7, 11) is 8.70. The summed E-state index contributed by atoms with van der Waals surface area (Å²) >= 11 is 0. The molecule has 12 heavy (non-hydrogen) atoms. The van der Waals surface area contributed by atoms with E-state index >= 15 is 0 Å². The number of nitrogens with zero attached hydrogens (tertiary/aromatic N) is 2. The second-order valence-corrected chi connectivity index (χ2v) is 4.47. The molecule has 0 rings (SSSR count). The minimum absolute atomic E-state index is 1.01. The molecule has 0 aromatic rings. The van der Waals surface area contributed by atoms with Crippen molar-refractivity contribution in [3.8, 4) is 0 Å². The number of hydrogen-bond donors (Lipinski definition) is 0. The van der Waals surface area contributed by atoms with Crippen molar-refractivity contribution in [1.29, 1.82) is 0 Å². The van der Waals surface area contributed by atoms with E-state index in [9.17, 15) is 0 Å². The van der Waals surface area contributed by atoms with Crippen molar-refractivity contribution in [2.45, 2.75) is 6.92 Å². The molecule has 0 atom stereocenters. The Morgan fingerprint density at radius 2 is 1.92 bits per heavy atom. The van der Waals surface area contributed by atoms with Crippen LogP contribution in [0, 0.1) is 0 Å². The van der Waals surface area contributed by atoms with Crippen molar-refractivity contribution >= 4 is 6.21 Å². The molecular formula is C10H22N2+2. The standard InChI is InChI=1S/C10H22N2/c1-10(2)9-11(3)7-8-12(4,5)6/h9H,1,7-8H2,2-6H3/q+2/b11-9+. The van der Waals surface area contributed by atoms with Gasteiger partial charge < -0.3 is 4.48 Å². The van der Waals surface area contributed by atoms with Gasteiger partial charge in [0.15, 0.2) is 12.8 Å². The maximum Gasteiger partial charge on any atom is 0.191 e. The van der Waals surface area contributed by atoms with Crippen molar-refractivity contribution in [1.82, 2.24) is 0 Å². The minimum Gasteiger partial charge on any atom is -0.326 e. The lowest BCUT2D eigenvalue weighted by molar-refractivity contribution is -0.877. The summed E-state index contributed by atoms with van der Waals surface area (Å²) in [6.07, 6.45) is 2.08. The molecule has 70 valence electrons. The fourth-order valence-corrected chi connectivity index (χ4v) is 0.899. The van der Waals surface area contributed by atoms with Crippen LogP contribution in [0.25, 0.3) is 0 Å². The third-order valence-corrected chi connectivity index (χ3v) is 1.56. The van der Waals surface area contributed by atoms with Gasteiger partial charge in [0.25, 0.3) is 0 Å². The van der Waals surface area contributed by atoms with Crippen LogP contribution in [0.3, 0.4) is 0 Å². The number of allylic oxidation sites excluding steroid dienone is 1. The van der Waals surface area contributed by atoms with Crippen LogP contribution in [0.2, 0.25) is 0 Å². The summed E-state index contributed by atoms with van der Waals surface area (Å²) in [6, 6.07) is 0. The van der Waals surface area contributed by atoms with Crippen LogP contribution in [-0.4, -0.2) is 56.6 Å². The highest BCUT2D eigenvalue weighted by Gasteiger charge is 2.09. The van der Waals surface area contributed by atoms with E-state index in [1.807, 2.05) is 6.92 Å². The van der Waals surface area contributed by atoms with Gasteiger partial charge >= 0.3 is 0 Å². The number of likely N-dealkylation sites (N-methyl/N-ethyl adjacent to an activating group) is 2. The molecule has 0 aliphatic heterocycles. The largest absolute Gasteiger partial charge is 0.326 e. The van der Waals surface area contributed by atoms with E-state index in [1.54, 1.807) is 0 Å². The smallest absolute Gasteiger partial charge is 0.191 e. The van der Waals surface area contributed by atoms with Crippen molar-refractivity contribution < 1.29 is 9.06 Å². The van der Waals surface area contributed by atoms with Gasteiger partial charge in [-0.1, -0.05) is 6.58 Å². The molecule has 0 bridgehead atoms. The zero-order valence-electron chi connectivity index (χ0n) is 9.09. The van der Waals surface area contributed by atoms with Crippen LogP contribution in [-0.2, 0) is 0 Å². The van der Waals surface area contributed by atoms with Gasteiger partial charge in [-0.25, -0.2) is 4.58 Å². The van der Waals surface area contributed by atoms with Gasteiger partial charge in [0.1, 0.15) is 13.6 Å². The lowest BCUT2D eigenvalue weighted by Gasteiger charge is -2.21. The maximum absolute atomic E-state index is 3.84. The van der Waals surface area contributed by atoms with Gasteiger partial charge in [0.05, 0.1) is 21.1 Å². The average molecular weight is 170 g/mol. The molecule has 0 aromatic carbocycles. The second kappa shape index (κ2) is 4.41. The zero-order valence-corrected chi connectivity index (χ0v) is 9.09. The van der Waals surface area contributed by atoms with E-state index in [0.29, 0.717) is 0 Å². The van der Waals surface area contributed by atoms with Crippen LogP contribution in [0.5, 0.6) is 0 Å². The molecule has 0 heterocycles. The van der Waals surface area contributed by atoms with E-state index in [4.69, 9.17) is 0 Å². The molecule has 0 amide bonds. The summed E-state index contributed by atoms with van der Waals surface area (Å²) in [5, 5.41) is 0. The van der Waals surface area contributed by atoms with Crippen LogP contribution >= 0.6 is 0 Å². The summed E-state index contributed by atoms with van der Waals surface area (Å²) < 4.78 is 3.19. The number of quaternary nitrogens is 1. The van der Waals surface area contributed by atoms with Crippen LogP contribution in [0.1, 0.15) is 6.92 Å². The topological polar surface area (TPSA) is 3.01 Å². The first kappa shape index (κ1) is 11.4.